The van der Waals surface area contributed by atoms with E-state index in [0.29, 0.717) is 0 Å². The number of nitrogens with zero attached hydrogens (tertiary/aromatic N) is 1. The Morgan fingerprint density at radius 1 is 1.57 bits per heavy atom. The van der Waals surface area contributed by atoms with Crippen molar-refractivity contribution in [3.8, 4) is 0 Å². The molecule has 0 aliphatic heterocycles. The van der Waals surface area contributed by atoms with E-state index in [1.807, 2.05) is 13.8 Å². The van der Waals surface area contributed by atoms with Gasteiger partial charge in [-0.1, -0.05) is 0 Å². The molecule has 0 aromatic carbocycles. The van der Waals surface area contributed by atoms with Crippen LogP contribution in [0.25, 0.3) is 0 Å². The largest absolute Gasteiger partial charge is 0.235 e. The molecule has 0 aliphatic carbocycles. The smallest absolute Gasteiger partial charge is 0.136 e. The minimum absolute atomic E-state index is 0.862. The average Bonchev–Trinajstić information content (AvgIpc) is 1.27. The van der Waals surface area contributed by atoms with Gasteiger partial charge in [0.1, 0.15) is 11.0 Å². The molecule has 0 aromatic heterocycles. The van der Waals surface area contributed by atoms with Crippen LogP contribution in [-0.2, 0) is 11.0 Å². The number of hydrogen-bond acceptors (Lipinski definition) is 1. The lowest BCUT2D eigenvalue weighted by atomic mass is 10.5. The molecule has 2 nitrogen and oxygen atoms in total. The standard InChI is InChI=1S/C4H9NOS/c1-4(2)5-7(3)6/h1-3H3/t7-/m0/s1. The molecule has 42 valence electrons. The third kappa shape index (κ3) is 5.82. The minimum Gasteiger partial charge on any atom is -0.235 e. The summed E-state index contributed by atoms with van der Waals surface area (Å²) in [6, 6.07) is 0. The van der Waals surface area contributed by atoms with Crippen molar-refractivity contribution in [2.75, 3.05) is 6.26 Å². The Morgan fingerprint density at radius 3 is 2.00 bits per heavy atom. The highest BCUT2D eigenvalue weighted by Crippen LogP contribution is 1.77. The summed E-state index contributed by atoms with van der Waals surface area (Å²) in [6.07, 6.45) is 1.55. The van der Waals surface area contributed by atoms with Crippen LogP contribution >= 0.6 is 0 Å². The van der Waals surface area contributed by atoms with Gasteiger partial charge in [0.25, 0.3) is 0 Å². The molecular formula is C4H9NOS. The van der Waals surface area contributed by atoms with Gasteiger partial charge >= 0.3 is 0 Å². The first-order chi connectivity index (χ1) is 3.13. The van der Waals surface area contributed by atoms with Gasteiger partial charge in [-0.25, -0.2) is 4.21 Å². The van der Waals surface area contributed by atoms with Gasteiger partial charge in [0.05, 0.1) is 0 Å². The fourth-order valence-electron chi connectivity index (χ4n) is 0.257. The van der Waals surface area contributed by atoms with E-state index in [1.165, 1.54) is 0 Å². The SMILES string of the molecule is CC(C)=N[S@](C)=O. The third-order valence-corrected chi connectivity index (χ3v) is 0.933. The second kappa shape index (κ2) is 2.91. The molecule has 0 amide bonds. The Hall–Kier alpha value is -0.180. The summed E-state index contributed by atoms with van der Waals surface area (Å²) in [5, 5.41) is 0. The van der Waals surface area contributed by atoms with Crippen molar-refractivity contribution in [3.63, 3.8) is 0 Å². The van der Waals surface area contributed by atoms with Crippen LogP contribution < -0.4 is 0 Å². The second-order valence-corrected chi connectivity index (χ2v) is 2.49. The second-order valence-electron chi connectivity index (χ2n) is 1.46. The van der Waals surface area contributed by atoms with Crippen molar-refractivity contribution in [1.29, 1.82) is 0 Å². The summed E-state index contributed by atoms with van der Waals surface area (Å²) < 4.78 is 13.8. The zero-order valence-electron chi connectivity index (χ0n) is 4.76. The molecule has 0 fully saturated rings. The van der Waals surface area contributed by atoms with Gasteiger partial charge in [0, 0.05) is 12.0 Å². The predicted octanol–water partition coefficient (Wildman–Crippen LogP) is 0.761. The lowest BCUT2D eigenvalue weighted by molar-refractivity contribution is 0.688. The van der Waals surface area contributed by atoms with Gasteiger partial charge in [-0.05, 0) is 13.8 Å². The van der Waals surface area contributed by atoms with Crippen LogP contribution in [0, 0.1) is 0 Å². The Kier molecular flexibility index (Phi) is 2.83. The van der Waals surface area contributed by atoms with Gasteiger partial charge in [0.15, 0.2) is 0 Å². The maximum absolute atomic E-state index is 10.2. The third-order valence-electron chi connectivity index (χ3n) is 0.311. The van der Waals surface area contributed by atoms with E-state index in [9.17, 15) is 4.21 Å². The van der Waals surface area contributed by atoms with E-state index in [2.05, 4.69) is 4.40 Å². The Morgan fingerprint density at radius 2 is 2.00 bits per heavy atom. The summed E-state index contributed by atoms with van der Waals surface area (Å²) in [4.78, 5) is 0. The molecule has 3 heteroatoms. The Labute approximate surface area is 46.2 Å². The molecule has 1 atom stereocenters. The van der Waals surface area contributed by atoms with Crippen molar-refractivity contribution < 1.29 is 4.21 Å². The van der Waals surface area contributed by atoms with Crippen LogP contribution in [0.15, 0.2) is 4.40 Å². The number of rotatable bonds is 1. The fraction of sp³-hybridized carbons (Fsp3) is 0.750. The summed E-state index contributed by atoms with van der Waals surface area (Å²) in [5.74, 6) is 0. The van der Waals surface area contributed by atoms with Gasteiger partial charge in [0.2, 0.25) is 0 Å². The topological polar surface area (TPSA) is 29.4 Å². The first-order valence-corrected chi connectivity index (χ1v) is 3.50. The van der Waals surface area contributed by atoms with Crippen LogP contribution in [0.4, 0.5) is 0 Å². The van der Waals surface area contributed by atoms with Crippen molar-refractivity contribution in [2.45, 2.75) is 13.8 Å². The maximum atomic E-state index is 10.2. The molecule has 0 rings (SSSR count). The summed E-state index contributed by atoms with van der Waals surface area (Å²) in [6.45, 7) is 3.64. The molecule has 0 aromatic rings. The molecule has 0 aliphatic rings. The first kappa shape index (κ1) is 6.82. The molecule has 0 heterocycles. The highest BCUT2D eigenvalue weighted by molar-refractivity contribution is 7.83. The molecule has 0 saturated carbocycles. The zero-order valence-corrected chi connectivity index (χ0v) is 5.58. The summed E-state index contributed by atoms with van der Waals surface area (Å²) in [5.41, 5.74) is 0.862. The van der Waals surface area contributed by atoms with E-state index in [1.54, 1.807) is 6.26 Å². The fourth-order valence-corrected chi connectivity index (χ4v) is 0.771. The lowest BCUT2D eigenvalue weighted by Gasteiger charge is -1.81. The molecule has 0 bridgehead atoms. The van der Waals surface area contributed by atoms with Crippen LogP contribution in [0.5, 0.6) is 0 Å². The number of hydrogen-bond donors (Lipinski definition) is 0. The van der Waals surface area contributed by atoms with E-state index >= 15 is 0 Å². The van der Waals surface area contributed by atoms with Crippen molar-refractivity contribution >= 4 is 16.7 Å². The molecule has 0 N–H and O–H groups in total. The molecule has 0 spiro atoms. The van der Waals surface area contributed by atoms with Crippen molar-refractivity contribution in [3.05, 3.63) is 0 Å². The maximum Gasteiger partial charge on any atom is 0.136 e. The first-order valence-electron chi connectivity index (χ1n) is 1.98. The van der Waals surface area contributed by atoms with E-state index in [4.69, 9.17) is 0 Å². The van der Waals surface area contributed by atoms with Crippen LogP contribution in [0.2, 0.25) is 0 Å². The quantitative estimate of drug-likeness (QED) is 0.468. The normalized spacial score (nSPS) is 13.0. The van der Waals surface area contributed by atoms with Crippen LogP contribution in [0.1, 0.15) is 13.8 Å². The highest BCUT2D eigenvalue weighted by Gasteiger charge is 1.78. The predicted molar refractivity (Wildman–Crippen MR) is 32.8 cm³/mol. The molecule has 7 heavy (non-hydrogen) atoms. The van der Waals surface area contributed by atoms with Gasteiger partial charge in [-0.2, -0.15) is 4.40 Å². The van der Waals surface area contributed by atoms with Gasteiger partial charge < -0.3 is 0 Å². The lowest BCUT2D eigenvalue weighted by Crippen LogP contribution is -1.84. The van der Waals surface area contributed by atoms with E-state index in [0.717, 1.165) is 5.71 Å². The molecular weight excluding hydrogens is 110 g/mol. The van der Waals surface area contributed by atoms with Gasteiger partial charge in [-0.15, -0.1) is 0 Å². The minimum atomic E-state index is -1.01. The van der Waals surface area contributed by atoms with Gasteiger partial charge in [-0.3, -0.25) is 0 Å². The average molecular weight is 119 g/mol. The Balaban J connectivity index is 3.68. The van der Waals surface area contributed by atoms with Crippen LogP contribution in [-0.4, -0.2) is 16.2 Å². The van der Waals surface area contributed by atoms with Crippen molar-refractivity contribution in [1.82, 2.24) is 0 Å². The highest BCUT2D eigenvalue weighted by atomic mass is 32.2. The summed E-state index contributed by atoms with van der Waals surface area (Å²) in [7, 11) is -1.01. The molecule has 0 unspecified atom stereocenters. The van der Waals surface area contributed by atoms with Crippen molar-refractivity contribution in [2.24, 2.45) is 4.40 Å². The summed E-state index contributed by atoms with van der Waals surface area (Å²) >= 11 is 0. The van der Waals surface area contributed by atoms with E-state index in [-0.39, 0.29) is 0 Å². The van der Waals surface area contributed by atoms with Crippen LogP contribution in [0.3, 0.4) is 0 Å². The molecule has 0 radical (unpaired) electrons. The molecule has 0 saturated heterocycles. The monoisotopic (exact) mass is 119 g/mol. The van der Waals surface area contributed by atoms with E-state index < -0.39 is 11.0 Å². The zero-order chi connectivity index (χ0) is 5.86. The Bertz CT molecular complexity index is 104.